The third kappa shape index (κ3) is 3.87. The van der Waals surface area contributed by atoms with E-state index in [1.807, 2.05) is 23.8 Å². The fraction of sp³-hybridized carbons (Fsp3) is 0.370. The average molecular weight is 502 g/mol. The first-order chi connectivity index (χ1) is 17.5. The SMILES string of the molecule is C.Cc1cc(F)c(C(=O)Nc2cccc3c2OC2(CCC2)Cn2nnnc2-3)cc1-n1cnc(C2CC2)c1. The van der Waals surface area contributed by atoms with E-state index in [1.165, 1.54) is 6.07 Å². The van der Waals surface area contributed by atoms with Gasteiger partial charge in [-0.2, -0.15) is 0 Å². The van der Waals surface area contributed by atoms with Gasteiger partial charge in [0.2, 0.25) is 0 Å². The van der Waals surface area contributed by atoms with Crippen molar-refractivity contribution in [1.82, 2.24) is 29.8 Å². The zero-order valence-corrected chi connectivity index (χ0v) is 19.7. The van der Waals surface area contributed by atoms with Gasteiger partial charge in [0.15, 0.2) is 11.6 Å². The first kappa shape index (κ1) is 23.3. The summed E-state index contributed by atoms with van der Waals surface area (Å²) in [6.07, 6.45) is 8.77. The number of rotatable bonds is 4. The van der Waals surface area contributed by atoms with Crippen LogP contribution in [-0.2, 0) is 6.54 Å². The quantitative estimate of drug-likeness (QED) is 0.420. The Balaban J connectivity index is 0.00000252. The smallest absolute Gasteiger partial charge is 0.258 e. The molecule has 2 aliphatic carbocycles. The molecule has 2 saturated carbocycles. The Bertz CT molecular complexity index is 1520. The number of carbonyl (C=O) groups is 1. The van der Waals surface area contributed by atoms with Crippen molar-refractivity contribution < 1.29 is 13.9 Å². The summed E-state index contributed by atoms with van der Waals surface area (Å²) in [6, 6.07) is 8.39. The van der Waals surface area contributed by atoms with Gasteiger partial charge in [0, 0.05) is 12.1 Å². The van der Waals surface area contributed by atoms with Crippen LogP contribution in [0.1, 0.15) is 67.1 Å². The number of amides is 1. The number of benzene rings is 2. The summed E-state index contributed by atoms with van der Waals surface area (Å²) in [5.41, 5.74) is 3.15. The molecule has 0 bridgehead atoms. The number of hydrogen-bond acceptors (Lipinski definition) is 6. The molecule has 0 unspecified atom stereocenters. The van der Waals surface area contributed by atoms with E-state index in [-0.39, 0.29) is 13.0 Å². The lowest BCUT2D eigenvalue weighted by atomic mass is 9.80. The van der Waals surface area contributed by atoms with Crippen LogP contribution < -0.4 is 10.1 Å². The number of anilines is 1. The normalized spacial score (nSPS) is 17.0. The Morgan fingerprint density at radius 2 is 2.08 bits per heavy atom. The summed E-state index contributed by atoms with van der Waals surface area (Å²) in [6.45, 7) is 2.37. The Morgan fingerprint density at radius 3 is 2.84 bits per heavy atom. The molecule has 0 radical (unpaired) electrons. The number of ether oxygens (including phenoxy) is 1. The van der Waals surface area contributed by atoms with Gasteiger partial charge in [0.1, 0.15) is 11.4 Å². The molecular formula is C27H28FN7O2. The summed E-state index contributed by atoms with van der Waals surface area (Å²) < 4.78 is 25.2. The molecule has 1 spiro atoms. The van der Waals surface area contributed by atoms with Crippen molar-refractivity contribution >= 4 is 11.6 Å². The Hall–Kier alpha value is -4.08. The van der Waals surface area contributed by atoms with E-state index in [1.54, 1.807) is 29.2 Å². The summed E-state index contributed by atoms with van der Waals surface area (Å²) in [4.78, 5) is 17.9. The lowest BCUT2D eigenvalue weighted by Gasteiger charge is -2.41. The molecule has 2 aromatic heterocycles. The number of para-hydroxylation sites is 1. The standard InChI is InChI=1S/C26H24FN7O2.CH4/c1-15-10-19(27)18(11-22(15)33-12-21(28-14-33)16-6-7-16)25(35)29-20-5-2-4-17-23(20)36-26(8-3-9-26)13-34-24(17)30-31-32-34;/h2,4-5,10-12,14,16H,3,6-9,13H2,1H3,(H,29,35);1H4. The van der Waals surface area contributed by atoms with Crippen LogP contribution >= 0.6 is 0 Å². The second kappa shape index (κ2) is 8.50. The number of aromatic nitrogens is 6. The van der Waals surface area contributed by atoms with Gasteiger partial charge in [-0.1, -0.05) is 13.5 Å². The highest BCUT2D eigenvalue weighted by atomic mass is 19.1. The maximum atomic E-state index is 15.0. The van der Waals surface area contributed by atoms with Gasteiger partial charge < -0.3 is 14.6 Å². The molecule has 1 amide bonds. The van der Waals surface area contributed by atoms with Crippen LogP contribution in [0.4, 0.5) is 10.1 Å². The Morgan fingerprint density at radius 1 is 1.24 bits per heavy atom. The number of nitrogens with one attached hydrogen (secondary N) is 1. The minimum Gasteiger partial charge on any atom is -0.482 e. The predicted octanol–water partition coefficient (Wildman–Crippen LogP) is 5.05. The molecule has 10 heteroatoms. The predicted molar refractivity (Wildman–Crippen MR) is 135 cm³/mol. The van der Waals surface area contributed by atoms with Crippen molar-refractivity contribution in [3.8, 4) is 22.8 Å². The molecule has 1 aliphatic heterocycles. The number of carbonyl (C=O) groups excluding carboxylic acids is 1. The van der Waals surface area contributed by atoms with Crippen LogP contribution in [0.2, 0.25) is 0 Å². The van der Waals surface area contributed by atoms with Crippen LogP contribution in [0.15, 0.2) is 42.9 Å². The van der Waals surface area contributed by atoms with Gasteiger partial charge in [0.25, 0.3) is 5.91 Å². The van der Waals surface area contributed by atoms with Crippen molar-refractivity contribution in [2.24, 2.45) is 0 Å². The first-order valence-corrected chi connectivity index (χ1v) is 12.2. The second-order valence-corrected chi connectivity index (χ2v) is 10.0. The number of tetrazole rings is 1. The van der Waals surface area contributed by atoms with Crippen LogP contribution in [0.5, 0.6) is 5.75 Å². The third-order valence-corrected chi connectivity index (χ3v) is 7.46. The van der Waals surface area contributed by atoms with Crippen LogP contribution in [-0.4, -0.2) is 41.3 Å². The minimum absolute atomic E-state index is 0. The zero-order chi connectivity index (χ0) is 24.4. The number of halogens is 1. The van der Waals surface area contributed by atoms with Gasteiger partial charge >= 0.3 is 0 Å². The van der Waals surface area contributed by atoms with E-state index in [4.69, 9.17) is 4.74 Å². The highest BCUT2D eigenvalue weighted by Gasteiger charge is 2.44. The number of imidazole rings is 1. The van der Waals surface area contributed by atoms with Crippen LogP contribution in [0.3, 0.4) is 0 Å². The molecule has 2 aromatic carbocycles. The number of nitrogens with zero attached hydrogens (tertiary/aromatic N) is 6. The van der Waals surface area contributed by atoms with Crippen molar-refractivity contribution in [2.75, 3.05) is 5.32 Å². The topological polar surface area (TPSA) is 99.7 Å². The van der Waals surface area contributed by atoms with Crippen molar-refractivity contribution in [2.45, 2.75) is 64.5 Å². The van der Waals surface area contributed by atoms with Gasteiger partial charge in [-0.25, -0.2) is 14.1 Å². The number of fused-ring (bicyclic) bond motifs is 3. The third-order valence-electron chi connectivity index (χ3n) is 7.46. The fourth-order valence-corrected chi connectivity index (χ4v) is 5.14. The highest BCUT2D eigenvalue weighted by molar-refractivity contribution is 6.06. The highest BCUT2D eigenvalue weighted by Crippen LogP contribution is 2.47. The van der Waals surface area contributed by atoms with Gasteiger partial charge in [-0.05, 0) is 79.3 Å². The average Bonchev–Trinajstić information content (AvgIpc) is 3.44. The number of aryl methyl sites for hydroxylation is 1. The molecule has 7 rings (SSSR count). The molecule has 9 nitrogen and oxygen atoms in total. The van der Waals surface area contributed by atoms with Crippen LogP contribution in [0.25, 0.3) is 17.1 Å². The Kier molecular flexibility index (Phi) is 5.36. The molecule has 190 valence electrons. The monoisotopic (exact) mass is 501 g/mol. The van der Waals surface area contributed by atoms with Crippen molar-refractivity contribution in [3.05, 3.63) is 65.5 Å². The molecule has 0 saturated heterocycles. The lowest BCUT2D eigenvalue weighted by Crippen LogP contribution is -2.46. The van der Waals surface area contributed by atoms with Gasteiger partial charge in [-0.3, -0.25) is 4.79 Å². The first-order valence-electron chi connectivity index (χ1n) is 12.2. The molecular weight excluding hydrogens is 473 g/mol. The van der Waals surface area contributed by atoms with Crippen LogP contribution in [0, 0.1) is 12.7 Å². The number of hydrogen-bond donors (Lipinski definition) is 1. The largest absolute Gasteiger partial charge is 0.482 e. The summed E-state index contributed by atoms with van der Waals surface area (Å²) >= 11 is 0. The van der Waals surface area contributed by atoms with E-state index in [9.17, 15) is 4.79 Å². The maximum Gasteiger partial charge on any atom is 0.258 e. The Labute approximate surface area is 213 Å². The molecule has 3 heterocycles. The summed E-state index contributed by atoms with van der Waals surface area (Å²) in [5, 5.41) is 15.1. The van der Waals surface area contributed by atoms with Gasteiger partial charge in [-0.15, -0.1) is 5.10 Å². The molecule has 1 N–H and O–H groups in total. The molecule has 37 heavy (non-hydrogen) atoms. The van der Waals surface area contributed by atoms with E-state index in [0.717, 1.165) is 49.0 Å². The molecule has 3 aliphatic rings. The molecule has 4 aromatic rings. The minimum atomic E-state index is -0.585. The van der Waals surface area contributed by atoms with E-state index < -0.39 is 17.3 Å². The van der Waals surface area contributed by atoms with E-state index >= 15 is 4.39 Å². The summed E-state index contributed by atoms with van der Waals surface area (Å²) in [5.74, 6) is 0.456. The second-order valence-electron chi connectivity index (χ2n) is 10.0. The van der Waals surface area contributed by atoms with Gasteiger partial charge in [0.05, 0.1) is 41.1 Å². The lowest BCUT2D eigenvalue weighted by molar-refractivity contribution is -0.0213. The zero-order valence-electron chi connectivity index (χ0n) is 19.7. The maximum absolute atomic E-state index is 15.0. The molecule has 0 atom stereocenters. The van der Waals surface area contributed by atoms with Crippen molar-refractivity contribution in [1.29, 1.82) is 0 Å². The molecule has 2 fully saturated rings. The van der Waals surface area contributed by atoms with Crippen molar-refractivity contribution in [3.63, 3.8) is 0 Å². The van der Waals surface area contributed by atoms with E-state index in [2.05, 4.69) is 25.8 Å². The fourth-order valence-electron chi connectivity index (χ4n) is 5.14. The summed E-state index contributed by atoms with van der Waals surface area (Å²) in [7, 11) is 0. The van der Waals surface area contributed by atoms with E-state index in [0.29, 0.717) is 35.3 Å².